The lowest BCUT2D eigenvalue weighted by molar-refractivity contribution is -0.121. The topological polar surface area (TPSA) is 64.4 Å². The van der Waals surface area contributed by atoms with Crippen LogP contribution in [-0.4, -0.2) is 35.3 Å². The highest BCUT2D eigenvalue weighted by atomic mass is 16.2. The van der Waals surface area contributed by atoms with Gasteiger partial charge in [-0.05, 0) is 17.5 Å². The van der Waals surface area contributed by atoms with Crippen molar-refractivity contribution in [2.45, 2.75) is 39.4 Å². The molecule has 0 N–H and O–H groups in total. The second-order valence-electron chi connectivity index (χ2n) is 8.17. The molecular formula is C21H21N3O2. The van der Waals surface area contributed by atoms with E-state index >= 15 is 0 Å². The van der Waals surface area contributed by atoms with Crippen molar-refractivity contribution in [3.05, 3.63) is 42.0 Å². The van der Waals surface area contributed by atoms with Crippen molar-refractivity contribution in [3.63, 3.8) is 0 Å². The predicted octanol–water partition coefficient (Wildman–Crippen LogP) is 3.07. The molecule has 5 nitrogen and oxygen atoms in total. The van der Waals surface area contributed by atoms with Gasteiger partial charge in [-0.25, -0.2) is 0 Å². The molecule has 0 radical (unpaired) electrons. The third kappa shape index (κ3) is 2.33. The molecule has 26 heavy (non-hydrogen) atoms. The Hall–Kier alpha value is -2.71. The molecule has 2 aliphatic heterocycles. The summed E-state index contributed by atoms with van der Waals surface area (Å²) in [6.07, 6.45) is 0.0960. The van der Waals surface area contributed by atoms with Crippen molar-refractivity contribution in [2.75, 3.05) is 11.4 Å². The predicted molar refractivity (Wildman–Crippen MR) is 99.5 cm³/mol. The number of hydrogen-bond acceptors (Lipinski definition) is 4. The highest BCUT2D eigenvalue weighted by Crippen LogP contribution is 2.43. The first-order chi connectivity index (χ1) is 12.3. The van der Waals surface area contributed by atoms with Crippen molar-refractivity contribution < 1.29 is 9.59 Å². The number of carbonyl (C=O) groups excluding carboxylic acids is 2. The van der Waals surface area contributed by atoms with Crippen molar-refractivity contribution in [3.8, 4) is 6.07 Å². The first-order valence-corrected chi connectivity index (χ1v) is 8.85. The molecule has 0 aromatic heterocycles. The average Bonchev–Trinajstić information content (AvgIpc) is 3.09. The van der Waals surface area contributed by atoms with Crippen molar-refractivity contribution in [1.82, 2.24) is 4.90 Å². The van der Waals surface area contributed by atoms with Gasteiger partial charge in [-0.2, -0.15) is 5.26 Å². The third-order valence-corrected chi connectivity index (χ3v) is 5.32. The number of Topliss-reactive ketones (excluding diaryl/α,β-unsaturated/α-hetero) is 1. The number of nitrogens with zero attached hydrogens (tertiary/aromatic N) is 3. The third-order valence-electron chi connectivity index (χ3n) is 5.32. The van der Waals surface area contributed by atoms with Gasteiger partial charge in [0, 0.05) is 17.2 Å². The molecule has 4 rings (SSSR count). The summed E-state index contributed by atoms with van der Waals surface area (Å²) in [4.78, 5) is 29.1. The number of nitriles is 1. The zero-order valence-corrected chi connectivity index (χ0v) is 15.2. The van der Waals surface area contributed by atoms with E-state index in [2.05, 4.69) is 26.8 Å². The highest BCUT2D eigenvalue weighted by molar-refractivity contribution is 6.10. The minimum atomic E-state index is -0.374. The molecular weight excluding hydrogens is 326 g/mol. The normalized spacial score (nSPS) is 23.5. The molecule has 2 aliphatic rings. The zero-order valence-electron chi connectivity index (χ0n) is 15.2. The Morgan fingerprint density at radius 2 is 1.77 bits per heavy atom. The number of benzene rings is 2. The van der Waals surface area contributed by atoms with E-state index in [1.807, 2.05) is 40.1 Å². The standard InChI is InChI=1S/C21H21N3O2/c1-21(2,3)20-23-12-14(25)10-18(23)19(26)24(20)17-9-8-13(11-22)15-6-4-5-7-16(15)17/h4-9,18,20H,10,12H2,1-3H3/t18-,20+/m0/s1. The van der Waals surface area contributed by atoms with Gasteiger partial charge in [0.1, 0.15) is 5.78 Å². The summed E-state index contributed by atoms with van der Waals surface area (Å²) < 4.78 is 0. The van der Waals surface area contributed by atoms with E-state index in [0.717, 1.165) is 16.5 Å². The highest BCUT2D eigenvalue weighted by Gasteiger charge is 2.55. The largest absolute Gasteiger partial charge is 0.298 e. The first-order valence-electron chi connectivity index (χ1n) is 8.85. The van der Waals surface area contributed by atoms with E-state index in [1.54, 1.807) is 6.07 Å². The smallest absolute Gasteiger partial charge is 0.246 e. The minimum Gasteiger partial charge on any atom is -0.298 e. The number of amides is 1. The van der Waals surface area contributed by atoms with Crippen molar-refractivity contribution in [2.24, 2.45) is 5.41 Å². The van der Waals surface area contributed by atoms with E-state index in [9.17, 15) is 14.9 Å². The average molecular weight is 347 g/mol. The Labute approximate surface area is 152 Å². The molecule has 0 unspecified atom stereocenters. The fraction of sp³-hybridized carbons (Fsp3) is 0.381. The van der Waals surface area contributed by atoms with Crippen LogP contribution in [0.1, 0.15) is 32.8 Å². The Balaban J connectivity index is 1.92. The second-order valence-corrected chi connectivity index (χ2v) is 8.17. The van der Waals surface area contributed by atoms with Crippen LogP contribution in [0.4, 0.5) is 5.69 Å². The summed E-state index contributed by atoms with van der Waals surface area (Å²) in [5, 5.41) is 11.1. The van der Waals surface area contributed by atoms with Gasteiger partial charge in [0.2, 0.25) is 5.91 Å². The van der Waals surface area contributed by atoms with Gasteiger partial charge >= 0.3 is 0 Å². The number of fused-ring (bicyclic) bond motifs is 2. The molecule has 132 valence electrons. The van der Waals surface area contributed by atoms with Crippen LogP contribution in [0.3, 0.4) is 0 Å². The van der Waals surface area contributed by atoms with Crippen molar-refractivity contribution in [1.29, 1.82) is 5.26 Å². The molecule has 2 aromatic rings. The Kier molecular flexibility index (Phi) is 3.64. The summed E-state index contributed by atoms with van der Waals surface area (Å²) in [5.41, 5.74) is 1.19. The molecule has 2 aromatic carbocycles. The van der Waals surface area contributed by atoms with Crippen LogP contribution in [0.5, 0.6) is 0 Å². The van der Waals surface area contributed by atoms with Gasteiger partial charge < -0.3 is 0 Å². The molecule has 0 aliphatic carbocycles. The lowest BCUT2D eigenvalue weighted by atomic mass is 9.90. The van der Waals surface area contributed by atoms with Crippen LogP contribution in [-0.2, 0) is 9.59 Å². The summed E-state index contributed by atoms with van der Waals surface area (Å²) in [6.45, 7) is 6.60. The summed E-state index contributed by atoms with van der Waals surface area (Å²) in [5.74, 6) is 0.104. The van der Waals surface area contributed by atoms with Crippen LogP contribution in [0.15, 0.2) is 36.4 Å². The van der Waals surface area contributed by atoms with Gasteiger partial charge in [-0.15, -0.1) is 0 Å². The lowest BCUT2D eigenvalue weighted by Crippen LogP contribution is -2.49. The van der Waals surface area contributed by atoms with Crippen LogP contribution in [0.25, 0.3) is 10.8 Å². The number of carbonyl (C=O) groups is 2. The number of anilines is 1. The maximum atomic E-state index is 13.3. The van der Waals surface area contributed by atoms with Crippen LogP contribution in [0.2, 0.25) is 0 Å². The fourth-order valence-corrected chi connectivity index (χ4v) is 4.35. The van der Waals surface area contributed by atoms with Gasteiger partial charge in [-0.1, -0.05) is 45.0 Å². The molecule has 0 saturated carbocycles. The van der Waals surface area contributed by atoms with Crippen LogP contribution in [0, 0.1) is 16.7 Å². The van der Waals surface area contributed by atoms with E-state index < -0.39 is 0 Å². The van der Waals surface area contributed by atoms with Gasteiger partial charge in [0.05, 0.1) is 36.1 Å². The molecule has 2 fully saturated rings. The van der Waals surface area contributed by atoms with Crippen LogP contribution < -0.4 is 4.90 Å². The zero-order chi connectivity index (χ0) is 18.6. The van der Waals surface area contributed by atoms with Gasteiger partial charge in [0.25, 0.3) is 0 Å². The van der Waals surface area contributed by atoms with E-state index in [-0.39, 0.29) is 35.7 Å². The fourth-order valence-electron chi connectivity index (χ4n) is 4.35. The Bertz CT molecular complexity index is 967. The summed E-state index contributed by atoms with van der Waals surface area (Å²) in [7, 11) is 0. The van der Waals surface area contributed by atoms with Crippen LogP contribution >= 0.6 is 0 Å². The monoisotopic (exact) mass is 347 g/mol. The van der Waals surface area contributed by atoms with E-state index in [0.29, 0.717) is 12.1 Å². The second kappa shape index (κ2) is 5.65. The quantitative estimate of drug-likeness (QED) is 0.795. The van der Waals surface area contributed by atoms with E-state index in [4.69, 9.17) is 0 Å². The number of ketones is 1. The summed E-state index contributed by atoms with van der Waals surface area (Å²) >= 11 is 0. The van der Waals surface area contributed by atoms with Crippen molar-refractivity contribution >= 4 is 28.2 Å². The number of hydrogen-bond donors (Lipinski definition) is 0. The minimum absolute atomic E-state index is 0.0226. The van der Waals surface area contributed by atoms with Gasteiger partial charge in [0.15, 0.2) is 0 Å². The molecule has 5 heteroatoms. The molecule has 0 bridgehead atoms. The molecule has 2 atom stereocenters. The molecule has 2 saturated heterocycles. The Morgan fingerprint density at radius 3 is 2.42 bits per heavy atom. The molecule has 2 heterocycles. The maximum absolute atomic E-state index is 13.3. The Morgan fingerprint density at radius 1 is 1.08 bits per heavy atom. The number of rotatable bonds is 1. The van der Waals surface area contributed by atoms with Gasteiger partial charge in [-0.3, -0.25) is 19.4 Å². The molecule has 1 amide bonds. The maximum Gasteiger partial charge on any atom is 0.246 e. The first kappa shape index (κ1) is 16.7. The molecule has 0 spiro atoms. The summed E-state index contributed by atoms with van der Waals surface area (Å²) in [6, 6.07) is 13.2. The lowest BCUT2D eigenvalue weighted by Gasteiger charge is -2.39. The van der Waals surface area contributed by atoms with E-state index in [1.165, 1.54) is 0 Å². The SMILES string of the molecule is CC(C)(C)[C@H]1N(c2ccc(C#N)c3ccccc23)C(=O)[C@@H]2CC(=O)CN21.